The average Bonchev–Trinajstić information content (AvgIpc) is 2.66. The molecule has 1 atom stereocenters. The van der Waals surface area contributed by atoms with Crippen molar-refractivity contribution in [3.63, 3.8) is 0 Å². The van der Waals surface area contributed by atoms with E-state index in [1.54, 1.807) is 18.2 Å². The summed E-state index contributed by atoms with van der Waals surface area (Å²) in [6.45, 7) is 1.27. The molecule has 1 amide bonds. The van der Waals surface area contributed by atoms with Crippen molar-refractivity contribution in [2.45, 2.75) is 18.2 Å². The summed E-state index contributed by atoms with van der Waals surface area (Å²) in [6.07, 6.45) is -0.912. The first-order valence-corrected chi connectivity index (χ1v) is 5.62. The molecule has 0 aromatic heterocycles. The zero-order valence-corrected chi connectivity index (χ0v) is 9.23. The first-order chi connectivity index (χ1) is 8.10. The van der Waals surface area contributed by atoms with Gasteiger partial charge in [0.2, 0.25) is 0 Å². The van der Waals surface area contributed by atoms with Gasteiger partial charge in [0.15, 0.2) is 0 Å². The lowest BCUT2D eigenvalue weighted by Crippen LogP contribution is -2.62. The molecule has 5 heteroatoms. The molecule has 3 rings (SSSR count). The van der Waals surface area contributed by atoms with Crippen LogP contribution in [0.3, 0.4) is 0 Å². The summed E-state index contributed by atoms with van der Waals surface area (Å²) in [5.74, 6) is -0.0786. The molecule has 2 aliphatic heterocycles. The number of aliphatic hydroxyl groups excluding tert-OH is 1. The summed E-state index contributed by atoms with van der Waals surface area (Å²) < 4.78 is 0. The van der Waals surface area contributed by atoms with E-state index in [1.807, 2.05) is 0 Å². The quantitative estimate of drug-likeness (QED) is 0.545. The van der Waals surface area contributed by atoms with Crippen molar-refractivity contribution in [3.8, 4) is 0 Å². The number of nitrogens with one attached hydrogen (secondary N) is 2. The highest BCUT2D eigenvalue weighted by molar-refractivity contribution is 5.98. The third-order valence-electron chi connectivity index (χ3n) is 3.50. The van der Waals surface area contributed by atoms with Crippen LogP contribution in [-0.2, 0) is 6.54 Å². The second kappa shape index (κ2) is 3.53. The van der Waals surface area contributed by atoms with Crippen LogP contribution < -0.4 is 10.6 Å². The predicted octanol–water partition coefficient (Wildman–Crippen LogP) is -0.702. The molecule has 0 bridgehead atoms. The Labute approximate surface area is 98.5 Å². The van der Waals surface area contributed by atoms with E-state index in [4.69, 9.17) is 0 Å². The lowest BCUT2D eigenvalue weighted by Gasteiger charge is -2.41. The van der Waals surface area contributed by atoms with Crippen molar-refractivity contribution in [2.75, 3.05) is 13.1 Å². The number of hydrogen-bond acceptors (Lipinski definition) is 4. The molecule has 1 aromatic rings. The Morgan fingerprint density at radius 3 is 2.76 bits per heavy atom. The minimum absolute atomic E-state index is 0.0786. The van der Waals surface area contributed by atoms with Crippen molar-refractivity contribution in [1.29, 1.82) is 0 Å². The van der Waals surface area contributed by atoms with Gasteiger partial charge in [-0.1, -0.05) is 12.1 Å². The fourth-order valence-electron chi connectivity index (χ4n) is 2.31. The van der Waals surface area contributed by atoms with Gasteiger partial charge in [-0.3, -0.25) is 4.79 Å². The van der Waals surface area contributed by atoms with E-state index in [2.05, 4.69) is 10.6 Å². The van der Waals surface area contributed by atoms with Crippen LogP contribution >= 0.6 is 0 Å². The van der Waals surface area contributed by atoms with Crippen molar-refractivity contribution >= 4 is 5.91 Å². The molecule has 4 N–H and O–H groups in total. The smallest absolute Gasteiger partial charge is 0.251 e. The number of hydrogen-bond donors (Lipinski definition) is 4. The minimum Gasteiger partial charge on any atom is -0.385 e. The SMILES string of the molecule is O=C1NCc2cc(C(O)C3(O)CNC3)ccc21. The van der Waals surface area contributed by atoms with Gasteiger partial charge in [-0.2, -0.15) is 0 Å². The molecule has 0 spiro atoms. The molecule has 1 aromatic carbocycles. The van der Waals surface area contributed by atoms with Crippen molar-refractivity contribution in [2.24, 2.45) is 0 Å². The van der Waals surface area contributed by atoms with Gasteiger partial charge in [0.1, 0.15) is 11.7 Å². The fourth-order valence-corrected chi connectivity index (χ4v) is 2.31. The maximum absolute atomic E-state index is 11.4. The molecule has 2 heterocycles. The largest absolute Gasteiger partial charge is 0.385 e. The average molecular weight is 234 g/mol. The molecule has 0 radical (unpaired) electrons. The molecule has 90 valence electrons. The van der Waals surface area contributed by atoms with Crippen LogP contribution in [-0.4, -0.2) is 34.8 Å². The van der Waals surface area contributed by atoms with Gasteiger partial charge in [-0.25, -0.2) is 0 Å². The molecule has 2 aliphatic rings. The highest BCUT2D eigenvalue weighted by atomic mass is 16.3. The van der Waals surface area contributed by atoms with Gasteiger partial charge in [-0.15, -0.1) is 0 Å². The Morgan fingerprint density at radius 1 is 1.35 bits per heavy atom. The predicted molar refractivity (Wildman–Crippen MR) is 60.4 cm³/mol. The number of carbonyl (C=O) groups excluding carboxylic acids is 1. The fraction of sp³-hybridized carbons (Fsp3) is 0.417. The number of amides is 1. The Morgan fingerprint density at radius 2 is 2.12 bits per heavy atom. The Hall–Kier alpha value is -1.43. The number of benzene rings is 1. The van der Waals surface area contributed by atoms with Crippen LogP contribution in [0.5, 0.6) is 0 Å². The summed E-state index contributed by atoms with van der Waals surface area (Å²) in [5.41, 5.74) is 1.11. The normalized spacial score (nSPS) is 22.6. The van der Waals surface area contributed by atoms with Crippen molar-refractivity contribution in [3.05, 3.63) is 34.9 Å². The lowest BCUT2D eigenvalue weighted by molar-refractivity contribution is -0.109. The molecular weight excluding hydrogens is 220 g/mol. The van der Waals surface area contributed by atoms with Crippen LogP contribution in [0.15, 0.2) is 18.2 Å². The van der Waals surface area contributed by atoms with E-state index in [9.17, 15) is 15.0 Å². The van der Waals surface area contributed by atoms with Crippen LogP contribution in [0.25, 0.3) is 0 Å². The first kappa shape index (κ1) is 10.7. The highest BCUT2D eigenvalue weighted by Gasteiger charge is 2.42. The Balaban J connectivity index is 1.92. The summed E-state index contributed by atoms with van der Waals surface area (Å²) in [4.78, 5) is 11.4. The number of rotatable bonds is 2. The maximum atomic E-state index is 11.4. The zero-order valence-electron chi connectivity index (χ0n) is 9.23. The maximum Gasteiger partial charge on any atom is 0.251 e. The molecule has 0 saturated carbocycles. The van der Waals surface area contributed by atoms with Gasteiger partial charge in [0.05, 0.1) is 0 Å². The summed E-state index contributed by atoms with van der Waals surface area (Å²) in [7, 11) is 0. The number of β-amino-alcohol motifs (C(OH)–C–C–N with tert-alkyl or cyclic N) is 1. The summed E-state index contributed by atoms with van der Waals surface area (Å²) in [6, 6.07) is 5.19. The number of fused-ring (bicyclic) bond motifs is 1. The van der Waals surface area contributed by atoms with Crippen molar-refractivity contribution < 1.29 is 15.0 Å². The van der Waals surface area contributed by atoms with E-state index >= 15 is 0 Å². The second-order valence-corrected chi connectivity index (χ2v) is 4.71. The van der Waals surface area contributed by atoms with E-state index in [0.29, 0.717) is 30.8 Å². The van der Waals surface area contributed by atoms with Crippen LogP contribution in [0, 0.1) is 0 Å². The van der Waals surface area contributed by atoms with Gasteiger partial charge in [-0.05, 0) is 17.2 Å². The van der Waals surface area contributed by atoms with Crippen LogP contribution in [0.2, 0.25) is 0 Å². The number of aliphatic hydroxyl groups is 2. The van der Waals surface area contributed by atoms with E-state index in [-0.39, 0.29) is 5.91 Å². The molecule has 17 heavy (non-hydrogen) atoms. The second-order valence-electron chi connectivity index (χ2n) is 4.71. The molecular formula is C12H14N2O3. The van der Waals surface area contributed by atoms with Crippen LogP contribution in [0.4, 0.5) is 0 Å². The monoisotopic (exact) mass is 234 g/mol. The highest BCUT2D eigenvalue weighted by Crippen LogP contribution is 2.31. The summed E-state index contributed by atoms with van der Waals surface area (Å²) >= 11 is 0. The van der Waals surface area contributed by atoms with Gasteiger partial charge >= 0.3 is 0 Å². The van der Waals surface area contributed by atoms with E-state index < -0.39 is 11.7 Å². The van der Waals surface area contributed by atoms with E-state index in [0.717, 1.165) is 5.56 Å². The first-order valence-electron chi connectivity index (χ1n) is 5.62. The third-order valence-corrected chi connectivity index (χ3v) is 3.50. The van der Waals surface area contributed by atoms with Gasteiger partial charge in [0, 0.05) is 25.2 Å². The zero-order chi connectivity index (χ0) is 12.0. The van der Waals surface area contributed by atoms with E-state index in [1.165, 1.54) is 0 Å². The van der Waals surface area contributed by atoms with Crippen LogP contribution in [0.1, 0.15) is 27.6 Å². The number of carbonyl (C=O) groups is 1. The third kappa shape index (κ3) is 1.55. The van der Waals surface area contributed by atoms with Crippen molar-refractivity contribution in [1.82, 2.24) is 10.6 Å². The van der Waals surface area contributed by atoms with Gasteiger partial charge < -0.3 is 20.8 Å². The Kier molecular flexibility index (Phi) is 2.22. The lowest BCUT2D eigenvalue weighted by atomic mass is 9.85. The Bertz CT molecular complexity index is 483. The molecule has 1 saturated heterocycles. The standard InChI is InChI=1S/C12H14N2O3/c15-10(12(17)5-13-6-12)7-1-2-9-8(3-7)4-14-11(9)16/h1-3,10,13,15,17H,4-6H2,(H,14,16). The molecule has 1 fully saturated rings. The minimum atomic E-state index is -1.08. The van der Waals surface area contributed by atoms with Gasteiger partial charge in [0.25, 0.3) is 5.91 Å². The summed E-state index contributed by atoms with van der Waals surface area (Å²) in [5, 5.41) is 25.8. The molecule has 1 unspecified atom stereocenters. The molecule has 5 nitrogen and oxygen atoms in total. The molecule has 0 aliphatic carbocycles. The topological polar surface area (TPSA) is 81.6 Å².